The number of ether oxygens (including phenoxy) is 1. The van der Waals surface area contributed by atoms with Gasteiger partial charge in [0.25, 0.3) is 0 Å². The number of piperazine rings is 1. The Bertz CT molecular complexity index is 105. The summed E-state index contributed by atoms with van der Waals surface area (Å²) in [5.41, 5.74) is 0. The lowest BCUT2D eigenvalue weighted by Crippen LogP contribution is -2.41. The zero-order chi connectivity index (χ0) is 8.65. The molecule has 0 bridgehead atoms. The summed E-state index contributed by atoms with van der Waals surface area (Å²) in [4.78, 5) is 2.34. The average Bonchev–Trinajstić information content (AvgIpc) is 2.14. The Balaban J connectivity index is 1.91. The third-order valence-corrected chi connectivity index (χ3v) is 1.94. The van der Waals surface area contributed by atoms with Gasteiger partial charge in [0.15, 0.2) is 0 Å². The molecule has 0 aromatic heterocycles. The predicted molar refractivity (Wildman–Crippen MR) is 46.2 cm³/mol. The highest BCUT2D eigenvalue weighted by molar-refractivity contribution is 4.66. The highest BCUT2D eigenvalue weighted by atomic mass is 16.5. The first-order valence-corrected chi connectivity index (χ1v) is 4.47. The second-order valence-electron chi connectivity index (χ2n) is 2.85. The molecule has 0 unspecified atom stereocenters. The summed E-state index contributed by atoms with van der Waals surface area (Å²) in [6, 6.07) is 0. The zero-order valence-electron chi connectivity index (χ0n) is 7.41. The van der Waals surface area contributed by atoms with Gasteiger partial charge in [-0.15, -0.1) is 0 Å². The first-order valence-electron chi connectivity index (χ1n) is 4.47. The molecule has 12 heavy (non-hydrogen) atoms. The van der Waals surface area contributed by atoms with Crippen LogP contribution in [0.4, 0.5) is 0 Å². The van der Waals surface area contributed by atoms with Crippen LogP contribution in [0.25, 0.3) is 0 Å². The molecule has 1 aliphatic rings. The number of hydrogen-bond acceptors (Lipinski definition) is 3. The van der Waals surface area contributed by atoms with Crippen LogP contribution >= 0.6 is 0 Å². The molecule has 0 amide bonds. The summed E-state index contributed by atoms with van der Waals surface area (Å²) in [5.74, 6) is 0. The minimum Gasteiger partial charge on any atom is -0.394 e. The molecule has 0 saturated carbocycles. The third kappa shape index (κ3) is 4.01. The Labute approximate surface area is 73.5 Å². The Morgan fingerprint density at radius 3 is 2.67 bits per heavy atom. The van der Waals surface area contributed by atoms with Crippen LogP contribution in [0.3, 0.4) is 0 Å². The molecule has 4 heteroatoms. The summed E-state index contributed by atoms with van der Waals surface area (Å²) in [6.45, 7) is 6.30. The molecule has 0 aliphatic carbocycles. The minimum atomic E-state index is 0.120. The molecule has 1 saturated heterocycles. The first-order chi connectivity index (χ1) is 5.93. The van der Waals surface area contributed by atoms with Crippen LogP contribution in [0.5, 0.6) is 0 Å². The smallest absolute Gasteiger partial charge is 0.0698 e. The highest BCUT2D eigenvalue weighted by Gasteiger charge is 2.08. The van der Waals surface area contributed by atoms with Crippen molar-refractivity contribution in [2.24, 2.45) is 0 Å². The molecule has 0 aromatic rings. The van der Waals surface area contributed by atoms with Crippen LogP contribution in [0, 0.1) is 0 Å². The van der Waals surface area contributed by atoms with Gasteiger partial charge < -0.3 is 9.84 Å². The van der Waals surface area contributed by atoms with Crippen LogP contribution in [0.1, 0.15) is 0 Å². The van der Waals surface area contributed by atoms with E-state index in [2.05, 4.69) is 10.2 Å². The maximum Gasteiger partial charge on any atom is 0.0698 e. The molecule has 1 rings (SSSR count). The van der Waals surface area contributed by atoms with Crippen LogP contribution in [0.15, 0.2) is 0 Å². The van der Waals surface area contributed by atoms with Crippen molar-refractivity contribution in [3.8, 4) is 0 Å². The van der Waals surface area contributed by atoms with Gasteiger partial charge in [0, 0.05) is 32.7 Å². The molecule has 0 atom stereocenters. The normalized spacial score (nSPS) is 19.8. The van der Waals surface area contributed by atoms with E-state index in [1.54, 1.807) is 0 Å². The molecule has 1 aliphatic heterocycles. The summed E-state index contributed by atoms with van der Waals surface area (Å²) < 4.78 is 5.16. The highest BCUT2D eigenvalue weighted by Crippen LogP contribution is 1.92. The van der Waals surface area contributed by atoms with Crippen molar-refractivity contribution < 1.29 is 9.84 Å². The van der Waals surface area contributed by atoms with E-state index >= 15 is 0 Å². The van der Waals surface area contributed by atoms with E-state index in [1.807, 2.05) is 0 Å². The fourth-order valence-electron chi connectivity index (χ4n) is 1.23. The van der Waals surface area contributed by atoms with Gasteiger partial charge in [0.05, 0.1) is 19.8 Å². The van der Waals surface area contributed by atoms with E-state index < -0.39 is 0 Å². The van der Waals surface area contributed by atoms with Crippen LogP contribution < -0.4 is 5.32 Å². The monoisotopic (exact) mass is 173 g/mol. The Kier molecular flexibility index (Phi) is 5.27. The van der Waals surface area contributed by atoms with Gasteiger partial charge in [-0.3, -0.25) is 4.90 Å². The molecule has 1 radical (unpaired) electrons. The zero-order valence-corrected chi connectivity index (χ0v) is 7.41. The Hall–Kier alpha value is -0.160. The van der Waals surface area contributed by atoms with Crippen molar-refractivity contribution in [1.29, 1.82) is 0 Å². The van der Waals surface area contributed by atoms with Gasteiger partial charge in [-0.25, -0.2) is 5.32 Å². The SMILES string of the molecule is OCCOCCN1CC[N]CC1. The topological polar surface area (TPSA) is 46.8 Å². The molecule has 1 heterocycles. The fourth-order valence-corrected chi connectivity index (χ4v) is 1.23. The quantitative estimate of drug-likeness (QED) is 0.538. The fraction of sp³-hybridized carbons (Fsp3) is 1.00. The van der Waals surface area contributed by atoms with E-state index in [0.717, 1.165) is 39.3 Å². The second kappa shape index (κ2) is 6.37. The Morgan fingerprint density at radius 1 is 1.25 bits per heavy atom. The molecular weight excluding hydrogens is 156 g/mol. The van der Waals surface area contributed by atoms with E-state index in [0.29, 0.717) is 6.61 Å². The number of rotatable bonds is 5. The lowest BCUT2D eigenvalue weighted by Gasteiger charge is -2.25. The minimum absolute atomic E-state index is 0.120. The lowest BCUT2D eigenvalue weighted by atomic mass is 10.4. The maximum absolute atomic E-state index is 8.45. The van der Waals surface area contributed by atoms with Gasteiger partial charge in [0.2, 0.25) is 0 Å². The molecule has 0 aromatic carbocycles. The molecule has 71 valence electrons. The van der Waals surface area contributed by atoms with Crippen LogP contribution in [-0.2, 0) is 4.74 Å². The van der Waals surface area contributed by atoms with Gasteiger partial charge in [-0.2, -0.15) is 0 Å². The first kappa shape index (κ1) is 9.92. The standard InChI is InChI=1S/C8H17N2O2/c11-6-8-12-7-5-10-3-1-9-2-4-10/h11H,1-8H2. The van der Waals surface area contributed by atoms with E-state index in [-0.39, 0.29) is 6.61 Å². The summed E-state index contributed by atoms with van der Waals surface area (Å²) in [5, 5.41) is 12.7. The van der Waals surface area contributed by atoms with Crippen molar-refractivity contribution in [3.63, 3.8) is 0 Å². The summed E-state index contributed by atoms with van der Waals surface area (Å²) in [7, 11) is 0. The number of hydrogen-bond donors (Lipinski definition) is 1. The second-order valence-corrected chi connectivity index (χ2v) is 2.85. The lowest BCUT2D eigenvalue weighted by molar-refractivity contribution is 0.0708. The van der Waals surface area contributed by atoms with Crippen molar-refractivity contribution >= 4 is 0 Å². The largest absolute Gasteiger partial charge is 0.394 e. The van der Waals surface area contributed by atoms with Gasteiger partial charge in [-0.1, -0.05) is 0 Å². The molecule has 0 spiro atoms. The van der Waals surface area contributed by atoms with Crippen molar-refractivity contribution in [2.45, 2.75) is 0 Å². The summed E-state index contributed by atoms with van der Waals surface area (Å²) >= 11 is 0. The number of aliphatic hydroxyl groups is 1. The van der Waals surface area contributed by atoms with Crippen LogP contribution in [-0.4, -0.2) is 62.6 Å². The summed E-state index contributed by atoms with van der Waals surface area (Å²) in [6.07, 6.45) is 0. The molecule has 4 nitrogen and oxygen atoms in total. The van der Waals surface area contributed by atoms with Crippen LogP contribution in [0.2, 0.25) is 0 Å². The molecule has 1 N–H and O–H groups in total. The third-order valence-electron chi connectivity index (χ3n) is 1.94. The van der Waals surface area contributed by atoms with Crippen molar-refractivity contribution in [2.75, 3.05) is 52.5 Å². The van der Waals surface area contributed by atoms with Crippen molar-refractivity contribution in [1.82, 2.24) is 10.2 Å². The maximum atomic E-state index is 8.45. The van der Waals surface area contributed by atoms with E-state index in [1.165, 1.54) is 0 Å². The number of aliphatic hydroxyl groups excluding tert-OH is 1. The number of nitrogens with zero attached hydrogens (tertiary/aromatic N) is 2. The average molecular weight is 173 g/mol. The van der Waals surface area contributed by atoms with Gasteiger partial charge in [0.1, 0.15) is 0 Å². The van der Waals surface area contributed by atoms with Crippen molar-refractivity contribution in [3.05, 3.63) is 0 Å². The van der Waals surface area contributed by atoms with Gasteiger partial charge in [-0.05, 0) is 0 Å². The predicted octanol–water partition coefficient (Wildman–Crippen LogP) is -1.08. The van der Waals surface area contributed by atoms with Gasteiger partial charge >= 0.3 is 0 Å². The molecular formula is C8H17N2O2. The van der Waals surface area contributed by atoms with E-state index in [9.17, 15) is 0 Å². The Morgan fingerprint density at radius 2 is 2.00 bits per heavy atom. The van der Waals surface area contributed by atoms with E-state index in [4.69, 9.17) is 9.84 Å². The molecule has 1 fully saturated rings.